The van der Waals surface area contributed by atoms with Gasteiger partial charge in [-0.15, -0.1) is 5.10 Å². The molecule has 0 aliphatic rings. The quantitative estimate of drug-likeness (QED) is 0.934. The van der Waals surface area contributed by atoms with E-state index in [1.165, 1.54) is 0 Å². The average molecular weight is 330 g/mol. The second-order valence-electron chi connectivity index (χ2n) is 4.08. The lowest BCUT2D eigenvalue weighted by atomic mass is 10.1. The fourth-order valence-corrected chi connectivity index (χ4v) is 2.14. The topological polar surface area (TPSA) is 56.7 Å². The Morgan fingerprint density at radius 2 is 2.28 bits per heavy atom. The molecule has 1 unspecified atom stereocenters. The standard InChI is InChI=1S/C12H14BrClN4/c1-2-3-11(15)12-7-18(17-16-12)8-4-5-10(14)9(13)6-8/h4-7,11H,2-3,15H2,1H3. The Kier molecular flexibility index (Phi) is 4.37. The first kappa shape index (κ1) is 13.5. The van der Waals surface area contributed by atoms with Gasteiger partial charge in [-0.1, -0.05) is 30.2 Å². The molecule has 0 saturated heterocycles. The van der Waals surface area contributed by atoms with Gasteiger partial charge in [0.05, 0.1) is 28.6 Å². The van der Waals surface area contributed by atoms with Gasteiger partial charge in [0, 0.05) is 4.47 Å². The maximum Gasteiger partial charge on any atom is 0.0998 e. The van der Waals surface area contributed by atoms with E-state index in [-0.39, 0.29) is 6.04 Å². The Morgan fingerprint density at radius 1 is 1.50 bits per heavy atom. The smallest absolute Gasteiger partial charge is 0.0998 e. The minimum absolute atomic E-state index is 0.0560. The summed E-state index contributed by atoms with van der Waals surface area (Å²) in [5.41, 5.74) is 7.71. The highest BCUT2D eigenvalue weighted by Gasteiger charge is 2.10. The summed E-state index contributed by atoms with van der Waals surface area (Å²) >= 11 is 9.34. The molecule has 4 nitrogen and oxygen atoms in total. The number of benzene rings is 1. The predicted molar refractivity (Wildman–Crippen MR) is 75.9 cm³/mol. The number of hydrogen-bond donors (Lipinski definition) is 1. The van der Waals surface area contributed by atoms with E-state index in [9.17, 15) is 0 Å². The number of nitrogens with two attached hydrogens (primary N) is 1. The lowest BCUT2D eigenvalue weighted by molar-refractivity contribution is 0.619. The second-order valence-corrected chi connectivity index (χ2v) is 5.34. The molecular weight excluding hydrogens is 316 g/mol. The highest BCUT2D eigenvalue weighted by atomic mass is 79.9. The summed E-state index contributed by atoms with van der Waals surface area (Å²) in [5, 5.41) is 8.85. The molecule has 0 bridgehead atoms. The zero-order valence-electron chi connectivity index (χ0n) is 9.98. The molecule has 2 aromatic rings. The third-order valence-electron chi connectivity index (χ3n) is 2.66. The number of hydrogen-bond acceptors (Lipinski definition) is 3. The molecule has 1 atom stereocenters. The SMILES string of the molecule is CCCC(N)c1cn(-c2ccc(Cl)c(Br)c2)nn1. The van der Waals surface area contributed by atoms with Gasteiger partial charge in [-0.2, -0.15) is 0 Å². The first-order chi connectivity index (χ1) is 8.61. The highest BCUT2D eigenvalue weighted by Crippen LogP contribution is 2.25. The highest BCUT2D eigenvalue weighted by molar-refractivity contribution is 9.10. The maximum absolute atomic E-state index is 6.00. The van der Waals surface area contributed by atoms with Crippen LogP contribution >= 0.6 is 27.5 Å². The van der Waals surface area contributed by atoms with Gasteiger partial charge in [0.2, 0.25) is 0 Å². The summed E-state index contributed by atoms with van der Waals surface area (Å²) in [6.45, 7) is 2.10. The molecule has 96 valence electrons. The zero-order chi connectivity index (χ0) is 13.1. The van der Waals surface area contributed by atoms with Crippen LogP contribution in [0.4, 0.5) is 0 Å². The van der Waals surface area contributed by atoms with Gasteiger partial charge in [0.1, 0.15) is 0 Å². The number of nitrogens with zero attached hydrogens (tertiary/aromatic N) is 3. The van der Waals surface area contributed by atoms with Crippen LogP contribution < -0.4 is 5.73 Å². The molecule has 0 radical (unpaired) electrons. The van der Waals surface area contributed by atoms with Crippen molar-refractivity contribution in [3.8, 4) is 5.69 Å². The van der Waals surface area contributed by atoms with Crippen LogP contribution in [0.15, 0.2) is 28.9 Å². The Labute approximate surface area is 119 Å². The van der Waals surface area contributed by atoms with Crippen molar-refractivity contribution in [1.82, 2.24) is 15.0 Å². The van der Waals surface area contributed by atoms with Crippen molar-refractivity contribution >= 4 is 27.5 Å². The molecule has 18 heavy (non-hydrogen) atoms. The Morgan fingerprint density at radius 3 is 2.94 bits per heavy atom. The summed E-state index contributed by atoms with van der Waals surface area (Å²) in [7, 11) is 0. The summed E-state index contributed by atoms with van der Waals surface area (Å²) < 4.78 is 2.53. The van der Waals surface area contributed by atoms with Crippen molar-refractivity contribution in [2.75, 3.05) is 0 Å². The van der Waals surface area contributed by atoms with Crippen molar-refractivity contribution in [2.24, 2.45) is 5.73 Å². The van der Waals surface area contributed by atoms with Crippen LogP contribution in [0.25, 0.3) is 5.69 Å². The van der Waals surface area contributed by atoms with Crippen molar-refractivity contribution < 1.29 is 0 Å². The van der Waals surface area contributed by atoms with E-state index in [2.05, 4.69) is 33.2 Å². The molecule has 0 fully saturated rings. The maximum atomic E-state index is 6.00. The first-order valence-electron chi connectivity index (χ1n) is 5.75. The number of rotatable bonds is 4. The second kappa shape index (κ2) is 5.82. The molecule has 2 rings (SSSR count). The molecule has 0 saturated carbocycles. The van der Waals surface area contributed by atoms with Crippen LogP contribution in [0.3, 0.4) is 0 Å². The monoisotopic (exact) mass is 328 g/mol. The van der Waals surface area contributed by atoms with Crippen molar-refractivity contribution in [3.05, 3.63) is 39.6 Å². The van der Waals surface area contributed by atoms with Crippen molar-refractivity contribution in [1.29, 1.82) is 0 Å². The third-order valence-corrected chi connectivity index (χ3v) is 3.87. The van der Waals surface area contributed by atoms with Gasteiger partial charge < -0.3 is 5.73 Å². The van der Waals surface area contributed by atoms with Gasteiger partial charge >= 0.3 is 0 Å². The predicted octanol–water partition coefficient (Wildman–Crippen LogP) is 3.48. The van der Waals surface area contributed by atoms with Gasteiger partial charge in [-0.05, 0) is 40.5 Å². The van der Waals surface area contributed by atoms with E-state index in [1.54, 1.807) is 4.68 Å². The van der Waals surface area contributed by atoms with Crippen LogP contribution in [0.1, 0.15) is 31.5 Å². The van der Waals surface area contributed by atoms with E-state index in [0.29, 0.717) is 5.02 Å². The Bertz CT molecular complexity index is 541. The normalized spacial score (nSPS) is 12.7. The molecule has 0 amide bonds. The lowest BCUT2D eigenvalue weighted by Gasteiger charge is -2.05. The van der Waals surface area contributed by atoms with Crippen LogP contribution in [-0.4, -0.2) is 15.0 Å². The van der Waals surface area contributed by atoms with E-state index in [1.807, 2.05) is 24.4 Å². The fourth-order valence-electron chi connectivity index (χ4n) is 1.66. The van der Waals surface area contributed by atoms with Crippen LogP contribution in [0.5, 0.6) is 0 Å². The molecule has 0 spiro atoms. The van der Waals surface area contributed by atoms with Gasteiger partial charge in [0.15, 0.2) is 0 Å². The molecule has 0 aliphatic heterocycles. The van der Waals surface area contributed by atoms with Crippen LogP contribution in [-0.2, 0) is 0 Å². The largest absolute Gasteiger partial charge is 0.323 e. The molecular formula is C12H14BrClN4. The third kappa shape index (κ3) is 2.91. The zero-order valence-corrected chi connectivity index (χ0v) is 12.3. The minimum atomic E-state index is -0.0560. The summed E-state index contributed by atoms with van der Waals surface area (Å²) in [6.07, 6.45) is 3.79. The first-order valence-corrected chi connectivity index (χ1v) is 6.92. The average Bonchev–Trinajstić information content (AvgIpc) is 2.82. The Hall–Kier alpha value is -0.910. The van der Waals surface area contributed by atoms with Gasteiger partial charge in [0.25, 0.3) is 0 Å². The molecule has 1 aromatic carbocycles. The molecule has 1 heterocycles. The van der Waals surface area contributed by atoms with Crippen molar-refractivity contribution in [2.45, 2.75) is 25.8 Å². The van der Waals surface area contributed by atoms with Gasteiger partial charge in [-0.25, -0.2) is 4.68 Å². The summed E-state index contributed by atoms with van der Waals surface area (Å²) in [5.74, 6) is 0. The van der Waals surface area contributed by atoms with E-state index < -0.39 is 0 Å². The summed E-state index contributed by atoms with van der Waals surface area (Å²) in [6, 6.07) is 5.54. The molecule has 2 N–H and O–H groups in total. The number of aromatic nitrogens is 3. The molecule has 1 aromatic heterocycles. The van der Waals surface area contributed by atoms with Crippen molar-refractivity contribution in [3.63, 3.8) is 0 Å². The Balaban J connectivity index is 2.26. The fraction of sp³-hybridized carbons (Fsp3) is 0.333. The van der Waals surface area contributed by atoms with E-state index in [4.69, 9.17) is 17.3 Å². The molecule has 0 aliphatic carbocycles. The number of halogens is 2. The van der Waals surface area contributed by atoms with E-state index >= 15 is 0 Å². The lowest BCUT2D eigenvalue weighted by Crippen LogP contribution is -2.10. The minimum Gasteiger partial charge on any atom is -0.323 e. The van der Waals surface area contributed by atoms with E-state index in [0.717, 1.165) is 28.7 Å². The summed E-state index contributed by atoms with van der Waals surface area (Å²) in [4.78, 5) is 0. The van der Waals surface area contributed by atoms with Gasteiger partial charge in [-0.3, -0.25) is 0 Å². The van der Waals surface area contributed by atoms with Crippen LogP contribution in [0.2, 0.25) is 5.02 Å². The molecule has 6 heteroatoms. The van der Waals surface area contributed by atoms with Crippen LogP contribution in [0, 0.1) is 0 Å².